The van der Waals surface area contributed by atoms with E-state index in [-0.39, 0.29) is 5.91 Å². The third-order valence-electron chi connectivity index (χ3n) is 4.58. The van der Waals surface area contributed by atoms with E-state index in [1.54, 1.807) is 11.0 Å². The van der Waals surface area contributed by atoms with Gasteiger partial charge in [0.2, 0.25) is 0 Å². The number of amides is 1. The molecule has 2 heterocycles. The van der Waals surface area contributed by atoms with Crippen molar-refractivity contribution in [3.63, 3.8) is 0 Å². The molecule has 3 aromatic carbocycles. The minimum atomic E-state index is -0.216. The summed E-state index contributed by atoms with van der Waals surface area (Å²) in [6, 6.07) is 27.3. The number of thiazole rings is 1. The second-order valence-electron chi connectivity index (χ2n) is 6.47. The number of para-hydroxylation sites is 2. The number of rotatable bonds is 4. The predicted molar refractivity (Wildman–Crippen MR) is 116 cm³/mol. The zero-order chi connectivity index (χ0) is 19.6. The van der Waals surface area contributed by atoms with Crippen molar-refractivity contribution in [1.82, 2.24) is 14.6 Å². The van der Waals surface area contributed by atoms with Crippen LogP contribution in [0.25, 0.3) is 32.9 Å². The van der Waals surface area contributed by atoms with Gasteiger partial charge in [0.15, 0.2) is 0 Å². The number of nitrogens with zero attached hydrogens (tertiary/aromatic N) is 3. The molecule has 2 aromatic heterocycles. The van der Waals surface area contributed by atoms with Crippen LogP contribution >= 0.6 is 11.3 Å². The monoisotopic (exact) mass is 396 g/mol. The van der Waals surface area contributed by atoms with Crippen molar-refractivity contribution >= 4 is 28.3 Å². The molecule has 0 unspecified atom stereocenters. The molecule has 0 bridgehead atoms. The number of nitrogens with one attached hydrogen (secondary N) is 1. The van der Waals surface area contributed by atoms with Crippen LogP contribution in [0.3, 0.4) is 0 Å². The van der Waals surface area contributed by atoms with Gasteiger partial charge in [-0.2, -0.15) is 0 Å². The van der Waals surface area contributed by atoms with Crippen molar-refractivity contribution in [2.45, 2.75) is 0 Å². The molecule has 5 aromatic rings. The van der Waals surface area contributed by atoms with Gasteiger partial charge in [0, 0.05) is 11.1 Å². The van der Waals surface area contributed by atoms with Crippen LogP contribution < -0.4 is 5.43 Å². The Hall–Kier alpha value is -3.77. The average Bonchev–Trinajstić information content (AvgIpc) is 3.40. The molecule has 0 spiro atoms. The molecule has 0 fully saturated rings. The maximum absolute atomic E-state index is 13.2. The number of fused-ring (bicyclic) bond motifs is 1. The summed E-state index contributed by atoms with van der Waals surface area (Å²) in [5, 5.41) is 0.810. The maximum atomic E-state index is 13.2. The number of hydrogen-bond acceptors (Lipinski definition) is 4. The molecule has 0 aliphatic carbocycles. The fourth-order valence-electron chi connectivity index (χ4n) is 3.18. The van der Waals surface area contributed by atoms with Gasteiger partial charge < -0.3 is 0 Å². The van der Waals surface area contributed by atoms with Gasteiger partial charge in [-0.3, -0.25) is 10.2 Å². The van der Waals surface area contributed by atoms with Gasteiger partial charge in [-0.05, 0) is 12.1 Å². The number of carbonyl (C=O) groups is 1. The lowest BCUT2D eigenvalue weighted by molar-refractivity contribution is 0.101. The quantitative estimate of drug-likeness (QED) is 0.454. The van der Waals surface area contributed by atoms with E-state index in [4.69, 9.17) is 4.98 Å². The molecule has 5 rings (SSSR count). The number of carbonyl (C=O) groups excluding carboxylic acids is 1. The first-order valence-corrected chi connectivity index (χ1v) is 9.96. The van der Waals surface area contributed by atoms with Crippen LogP contribution in [0.15, 0.2) is 91.3 Å². The summed E-state index contributed by atoms with van der Waals surface area (Å²) in [7, 11) is 0. The summed E-state index contributed by atoms with van der Waals surface area (Å²) in [5.74, 6) is -0.216. The normalized spacial score (nSPS) is 10.9. The Labute approximate surface area is 171 Å². The van der Waals surface area contributed by atoms with Crippen molar-refractivity contribution in [2.24, 2.45) is 0 Å². The third kappa shape index (κ3) is 3.30. The van der Waals surface area contributed by atoms with Crippen molar-refractivity contribution in [1.29, 1.82) is 0 Å². The first kappa shape index (κ1) is 17.3. The first-order valence-electron chi connectivity index (χ1n) is 9.15. The SMILES string of the molecule is O=C(Nn1cnc2ccccc21)c1sc(-c2ccccc2)nc1-c1ccccc1. The van der Waals surface area contributed by atoms with Crippen molar-refractivity contribution in [3.05, 3.63) is 96.1 Å². The summed E-state index contributed by atoms with van der Waals surface area (Å²) in [4.78, 5) is 22.9. The van der Waals surface area contributed by atoms with E-state index >= 15 is 0 Å². The minimum absolute atomic E-state index is 0.216. The molecule has 5 nitrogen and oxygen atoms in total. The van der Waals surface area contributed by atoms with Gasteiger partial charge in [0.05, 0.1) is 16.7 Å². The van der Waals surface area contributed by atoms with Crippen LogP contribution in [0.2, 0.25) is 0 Å². The fourth-order valence-corrected chi connectivity index (χ4v) is 4.16. The molecule has 0 radical (unpaired) electrons. The van der Waals surface area contributed by atoms with Crippen molar-refractivity contribution in [3.8, 4) is 21.8 Å². The summed E-state index contributed by atoms with van der Waals surface area (Å²) in [5.41, 5.74) is 7.18. The fraction of sp³-hybridized carbons (Fsp3) is 0. The maximum Gasteiger partial charge on any atom is 0.282 e. The van der Waals surface area contributed by atoms with Gasteiger partial charge >= 0.3 is 0 Å². The van der Waals surface area contributed by atoms with Gasteiger partial charge in [0.1, 0.15) is 16.2 Å². The molecule has 6 heteroatoms. The minimum Gasteiger partial charge on any atom is -0.266 e. The lowest BCUT2D eigenvalue weighted by Gasteiger charge is -2.07. The van der Waals surface area contributed by atoms with Crippen LogP contribution in [0.5, 0.6) is 0 Å². The number of imidazole rings is 1. The number of hydrogen-bond donors (Lipinski definition) is 1. The zero-order valence-electron chi connectivity index (χ0n) is 15.3. The van der Waals surface area contributed by atoms with Crippen LogP contribution in [0.4, 0.5) is 0 Å². The van der Waals surface area contributed by atoms with Crippen LogP contribution in [-0.4, -0.2) is 20.6 Å². The van der Waals surface area contributed by atoms with Crippen LogP contribution in [-0.2, 0) is 0 Å². The third-order valence-corrected chi connectivity index (χ3v) is 5.68. The van der Waals surface area contributed by atoms with Gasteiger partial charge in [-0.25, -0.2) is 14.6 Å². The van der Waals surface area contributed by atoms with E-state index in [2.05, 4.69) is 10.4 Å². The van der Waals surface area contributed by atoms with E-state index in [1.807, 2.05) is 84.9 Å². The summed E-state index contributed by atoms with van der Waals surface area (Å²) in [6.07, 6.45) is 1.61. The Balaban J connectivity index is 1.57. The summed E-state index contributed by atoms with van der Waals surface area (Å²) < 4.78 is 1.65. The predicted octanol–water partition coefficient (Wildman–Crippen LogP) is 5.21. The molecule has 0 aliphatic heterocycles. The van der Waals surface area contributed by atoms with Gasteiger partial charge in [0.25, 0.3) is 5.91 Å². The Morgan fingerprint density at radius 1 is 0.828 bits per heavy atom. The molecule has 29 heavy (non-hydrogen) atoms. The molecule has 0 saturated carbocycles. The lowest BCUT2D eigenvalue weighted by Crippen LogP contribution is -2.21. The van der Waals surface area contributed by atoms with E-state index in [9.17, 15) is 4.79 Å². The van der Waals surface area contributed by atoms with Crippen molar-refractivity contribution < 1.29 is 4.79 Å². The summed E-state index contributed by atoms with van der Waals surface area (Å²) >= 11 is 1.39. The number of aromatic nitrogens is 3. The molecule has 0 aliphatic rings. The second kappa shape index (κ2) is 7.33. The van der Waals surface area contributed by atoms with Gasteiger partial charge in [-0.1, -0.05) is 72.8 Å². The van der Waals surface area contributed by atoms with E-state index in [0.29, 0.717) is 10.6 Å². The zero-order valence-corrected chi connectivity index (χ0v) is 16.1. The Kier molecular flexibility index (Phi) is 4.38. The molecule has 140 valence electrons. The molecule has 0 saturated heterocycles. The van der Waals surface area contributed by atoms with E-state index in [1.165, 1.54) is 11.3 Å². The average molecular weight is 396 g/mol. The van der Waals surface area contributed by atoms with Crippen LogP contribution in [0.1, 0.15) is 9.67 Å². The Morgan fingerprint density at radius 3 is 2.24 bits per heavy atom. The first-order chi connectivity index (χ1) is 14.3. The molecular weight excluding hydrogens is 380 g/mol. The van der Waals surface area contributed by atoms with E-state index in [0.717, 1.165) is 27.2 Å². The Morgan fingerprint density at radius 2 is 1.48 bits per heavy atom. The van der Waals surface area contributed by atoms with Gasteiger partial charge in [-0.15, -0.1) is 11.3 Å². The standard InChI is InChI=1S/C23H16N4OS/c28-22(26-27-15-24-18-13-7-8-14-19(18)27)21-20(16-9-3-1-4-10-16)25-23(29-21)17-11-5-2-6-12-17/h1-15H,(H,26,28). The van der Waals surface area contributed by atoms with E-state index < -0.39 is 0 Å². The van der Waals surface area contributed by atoms with Crippen LogP contribution in [0, 0.1) is 0 Å². The highest BCUT2D eigenvalue weighted by Crippen LogP contribution is 2.34. The highest BCUT2D eigenvalue weighted by Gasteiger charge is 2.21. The smallest absolute Gasteiger partial charge is 0.266 e. The highest BCUT2D eigenvalue weighted by molar-refractivity contribution is 7.17. The molecule has 1 amide bonds. The van der Waals surface area contributed by atoms with Crippen molar-refractivity contribution in [2.75, 3.05) is 5.43 Å². The molecular formula is C23H16N4OS. The molecule has 1 N–H and O–H groups in total. The Bertz CT molecular complexity index is 1290. The second-order valence-corrected chi connectivity index (χ2v) is 7.47. The largest absolute Gasteiger partial charge is 0.282 e. The lowest BCUT2D eigenvalue weighted by atomic mass is 10.1. The molecule has 0 atom stereocenters. The topological polar surface area (TPSA) is 59.8 Å². The number of benzene rings is 3. The summed E-state index contributed by atoms with van der Waals surface area (Å²) in [6.45, 7) is 0. The highest BCUT2D eigenvalue weighted by atomic mass is 32.1.